The molecule has 1 saturated heterocycles. The maximum absolute atomic E-state index is 11.9. The van der Waals surface area contributed by atoms with Gasteiger partial charge < -0.3 is 15.5 Å². The summed E-state index contributed by atoms with van der Waals surface area (Å²) in [6, 6.07) is 8.53. The van der Waals surface area contributed by atoms with E-state index in [1.165, 1.54) is 0 Å². The molecule has 6 nitrogen and oxygen atoms in total. The SMILES string of the molecule is CC(=O)N1CCC(NC(=O)Nc2ccc(C#N)cc2)CC1. The topological polar surface area (TPSA) is 85.2 Å². The predicted molar refractivity (Wildman–Crippen MR) is 78.6 cm³/mol. The maximum atomic E-state index is 11.9. The lowest BCUT2D eigenvalue weighted by Gasteiger charge is -2.31. The maximum Gasteiger partial charge on any atom is 0.319 e. The van der Waals surface area contributed by atoms with Gasteiger partial charge in [-0.05, 0) is 37.1 Å². The molecule has 6 heteroatoms. The first-order valence-electron chi connectivity index (χ1n) is 6.91. The van der Waals surface area contributed by atoms with Crippen LogP contribution >= 0.6 is 0 Å². The fourth-order valence-corrected chi connectivity index (χ4v) is 2.32. The van der Waals surface area contributed by atoms with Crippen LogP contribution in [-0.4, -0.2) is 36.0 Å². The fraction of sp³-hybridized carbons (Fsp3) is 0.400. The Kier molecular flexibility index (Phi) is 4.77. The number of amides is 3. The lowest BCUT2D eigenvalue weighted by molar-refractivity contribution is -0.129. The van der Waals surface area contributed by atoms with Crippen molar-refractivity contribution in [1.29, 1.82) is 5.26 Å². The van der Waals surface area contributed by atoms with Gasteiger partial charge in [0.25, 0.3) is 0 Å². The zero-order chi connectivity index (χ0) is 15.2. The summed E-state index contributed by atoms with van der Waals surface area (Å²) in [4.78, 5) is 24.9. The number of carbonyl (C=O) groups is 2. The van der Waals surface area contributed by atoms with Crippen molar-refractivity contribution in [3.05, 3.63) is 29.8 Å². The number of piperidine rings is 1. The van der Waals surface area contributed by atoms with Crippen LogP contribution in [-0.2, 0) is 4.79 Å². The van der Waals surface area contributed by atoms with Crippen molar-refractivity contribution < 1.29 is 9.59 Å². The summed E-state index contributed by atoms with van der Waals surface area (Å²) >= 11 is 0. The Balaban J connectivity index is 1.80. The number of likely N-dealkylation sites (tertiary alicyclic amines) is 1. The van der Waals surface area contributed by atoms with Gasteiger partial charge in [0, 0.05) is 31.7 Å². The standard InChI is InChI=1S/C15H18N4O2/c1-11(20)19-8-6-14(7-9-19)18-15(21)17-13-4-2-12(10-16)3-5-13/h2-5,14H,6-9H2,1H3,(H2,17,18,21). The van der Waals surface area contributed by atoms with Crippen molar-refractivity contribution in [2.75, 3.05) is 18.4 Å². The van der Waals surface area contributed by atoms with Crippen molar-refractivity contribution in [3.8, 4) is 6.07 Å². The van der Waals surface area contributed by atoms with Crippen LogP contribution in [0.1, 0.15) is 25.3 Å². The quantitative estimate of drug-likeness (QED) is 0.867. The summed E-state index contributed by atoms with van der Waals surface area (Å²) in [6.07, 6.45) is 1.53. The van der Waals surface area contributed by atoms with Crippen LogP contribution in [0.15, 0.2) is 24.3 Å². The van der Waals surface area contributed by atoms with Crippen LogP contribution in [0.5, 0.6) is 0 Å². The summed E-state index contributed by atoms with van der Waals surface area (Å²) in [5.41, 5.74) is 1.20. The van der Waals surface area contributed by atoms with Crippen molar-refractivity contribution >= 4 is 17.6 Å². The molecule has 1 aromatic carbocycles. The molecule has 1 heterocycles. The molecule has 0 aromatic heterocycles. The molecule has 0 radical (unpaired) electrons. The summed E-state index contributed by atoms with van der Waals surface area (Å²) in [6.45, 7) is 2.92. The Bertz CT molecular complexity index is 554. The Morgan fingerprint density at radius 2 is 1.86 bits per heavy atom. The summed E-state index contributed by atoms with van der Waals surface area (Å²) in [5, 5.41) is 14.3. The van der Waals surface area contributed by atoms with Crippen LogP contribution in [0, 0.1) is 11.3 Å². The van der Waals surface area contributed by atoms with Crippen LogP contribution in [0.2, 0.25) is 0 Å². The lowest BCUT2D eigenvalue weighted by atomic mass is 10.1. The van der Waals surface area contributed by atoms with Gasteiger partial charge in [0.15, 0.2) is 0 Å². The van der Waals surface area contributed by atoms with Gasteiger partial charge in [-0.3, -0.25) is 4.79 Å². The molecule has 0 unspecified atom stereocenters. The Morgan fingerprint density at radius 3 is 2.38 bits per heavy atom. The number of nitriles is 1. The molecular weight excluding hydrogens is 268 g/mol. The molecule has 110 valence electrons. The first-order valence-corrected chi connectivity index (χ1v) is 6.91. The van der Waals surface area contributed by atoms with E-state index in [1.54, 1.807) is 36.1 Å². The molecule has 1 aromatic rings. The smallest absolute Gasteiger partial charge is 0.319 e. The Morgan fingerprint density at radius 1 is 1.24 bits per heavy atom. The molecule has 1 aliphatic heterocycles. The molecular formula is C15H18N4O2. The predicted octanol–water partition coefficient (Wildman–Crippen LogP) is 1.69. The molecule has 1 fully saturated rings. The highest BCUT2D eigenvalue weighted by Crippen LogP contribution is 2.12. The first kappa shape index (κ1) is 14.9. The molecule has 0 saturated carbocycles. The minimum atomic E-state index is -0.263. The average molecular weight is 286 g/mol. The number of benzene rings is 1. The number of nitrogens with one attached hydrogen (secondary N) is 2. The van der Waals surface area contributed by atoms with Crippen molar-refractivity contribution in [2.24, 2.45) is 0 Å². The minimum absolute atomic E-state index is 0.0792. The second kappa shape index (κ2) is 6.75. The number of anilines is 1. The number of nitrogens with zero attached hydrogens (tertiary/aromatic N) is 2. The third kappa shape index (κ3) is 4.21. The van der Waals surface area contributed by atoms with E-state index in [-0.39, 0.29) is 18.0 Å². The van der Waals surface area contributed by atoms with Gasteiger partial charge in [-0.25, -0.2) is 4.79 Å². The van der Waals surface area contributed by atoms with Crippen molar-refractivity contribution in [2.45, 2.75) is 25.8 Å². The number of rotatable bonds is 2. The normalized spacial score (nSPS) is 15.1. The minimum Gasteiger partial charge on any atom is -0.343 e. The zero-order valence-electron chi connectivity index (χ0n) is 11.9. The van der Waals surface area contributed by atoms with E-state index in [1.807, 2.05) is 6.07 Å². The van der Waals surface area contributed by atoms with E-state index in [9.17, 15) is 9.59 Å². The number of hydrogen-bond donors (Lipinski definition) is 2. The van der Waals surface area contributed by atoms with Gasteiger partial charge in [-0.15, -0.1) is 0 Å². The number of hydrogen-bond acceptors (Lipinski definition) is 3. The zero-order valence-corrected chi connectivity index (χ0v) is 11.9. The molecule has 1 aliphatic rings. The second-order valence-electron chi connectivity index (χ2n) is 5.07. The largest absolute Gasteiger partial charge is 0.343 e. The monoisotopic (exact) mass is 286 g/mol. The van der Waals surface area contributed by atoms with E-state index in [0.717, 1.165) is 12.8 Å². The van der Waals surface area contributed by atoms with Gasteiger partial charge >= 0.3 is 6.03 Å². The highest BCUT2D eigenvalue weighted by Gasteiger charge is 2.21. The molecule has 0 aliphatic carbocycles. The number of carbonyl (C=O) groups excluding carboxylic acids is 2. The van der Waals surface area contributed by atoms with Gasteiger partial charge in [0.05, 0.1) is 11.6 Å². The summed E-state index contributed by atoms with van der Waals surface area (Å²) < 4.78 is 0. The van der Waals surface area contributed by atoms with E-state index in [0.29, 0.717) is 24.3 Å². The molecule has 2 rings (SSSR count). The van der Waals surface area contributed by atoms with Crippen LogP contribution in [0.4, 0.5) is 10.5 Å². The Hall–Kier alpha value is -2.55. The first-order chi connectivity index (χ1) is 10.1. The molecule has 21 heavy (non-hydrogen) atoms. The van der Waals surface area contributed by atoms with E-state index >= 15 is 0 Å². The summed E-state index contributed by atoms with van der Waals surface area (Å²) in [7, 11) is 0. The van der Waals surface area contributed by atoms with E-state index in [2.05, 4.69) is 10.6 Å². The molecule has 2 N–H and O–H groups in total. The lowest BCUT2D eigenvalue weighted by Crippen LogP contribution is -2.47. The van der Waals surface area contributed by atoms with Crippen LogP contribution in [0.3, 0.4) is 0 Å². The fourth-order valence-electron chi connectivity index (χ4n) is 2.32. The average Bonchev–Trinajstić information content (AvgIpc) is 2.48. The third-order valence-corrected chi connectivity index (χ3v) is 3.55. The molecule has 3 amide bonds. The van der Waals surface area contributed by atoms with Gasteiger partial charge in [-0.2, -0.15) is 5.26 Å². The van der Waals surface area contributed by atoms with Gasteiger partial charge in [0.2, 0.25) is 5.91 Å². The van der Waals surface area contributed by atoms with Crippen LogP contribution in [0.25, 0.3) is 0 Å². The van der Waals surface area contributed by atoms with E-state index in [4.69, 9.17) is 5.26 Å². The molecule has 0 spiro atoms. The van der Waals surface area contributed by atoms with Crippen molar-refractivity contribution in [1.82, 2.24) is 10.2 Å². The highest BCUT2D eigenvalue weighted by atomic mass is 16.2. The summed E-state index contributed by atoms with van der Waals surface area (Å²) in [5.74, 6) is 0.0792. The van der Waals surface area contributed by atoms with Gasteiger partial charge in [0.1, 0.15) is 0 Å². The number of urea groups is 1. The third-order valence-electron chi connectivity index (χ3n) is 3.55. The Labute approximate surface area is 123 Å². The second-order valence-corrected chi connectivity index (χ2v) is 5.07. The van der Waals surface area contributed by atoms with Crippen LogP contribution < -0.4 is 10.6 Å². The molecule has 0 bridgehead atoms. The highest BCUT2D eigenvalue weighted by molar-refractivity contribution is 5.89. The van der Waals surface area contributed by atoms with Gasteiger partial charge in [-0.1, -0.05) is 0 Å². The van der Waals surface area contributed by atoms with E-state index < -0.39 is 0 Å². The molecule has 0 atom stereocenters. The van der Waals surface area contributed by atoms with Crippen molar-refractivity contribution in [3.63, 3.8) is 0 Å².